The van der Waals surface area contributed by atoms with Crippen molar-refractivity contribution < 1.29 is 22.7 Å². The van der Waals surface area contributed by atoms with Gasteiger partial charge in [0, 0.05) is 24.6 Å². The summed E-state index contributed by atoms with van der Waals surface area (Å²) in [6, 6.07) is 18.2. The minimum atomic E-state index is -4.11. The van der Waals surface area contributed by atoms with Gasteiger partial charge in [-0.1, -0.05) is 24.3 Å². The molecule has 0 unspecified atom stereocenters. The third-order valence-electron chi connectivity index (χ3n) is 5.13. The Hall–Kier alpha value is -3.57. The zero-order chi connectivity index (χ0) is 26.3. The molecule has 1 amide bonds. The standard InChI is InChI=1S/C25H27BrN4O5S/c1-29(2)22-12-10-18(14-21(22)26)16-27-28-25(31)17-30(36(32,33)20-8-6-5-7-9-20)23-13-11-19(34-3)15-24(23)35-4/h5-16H,17H2,1-4H3,(H,28,31)/b27-16+. The minimum Gasteiger partial charge on any atom is -0.497 e. The summed E-state index contributed by atoms with van der Waals surface area (Å²) < 4.78 is 39.5. The van der Waals surface area contributed by atoms with E-state index in [1.807, 2.05) is 37.2 Å². The van der Waals surface area contributed by atoms with Gasteiger partial charge < -0.3 is 14.4 Å². The van der Waals surface area contributed by atoms with Crippen LogP contribution in [-0.2, 0) is 14.8 Å². The molecular weight excluding hydrogens is 548 g/mol. The molecule has 36 heavy (non-hydrogen) atoms. The van der Waals surface area contributed by atoms with Gasteiger partial charge in [-0.2, -0.15) is 5.10 Å². The molecule has 1 N–H and O–H groups in total. The lowest BCUT2D eigenvalue weighted by atomic mass is 10.2. The summed E-state index contributed by atoms with van der Waals surface area (Å²) >= 11 is 3.51. The molecule has 0 spiro atoms. The van der Waals surface area contributed by atoms with Gasteiger partial charge in [0.25, 0.3) is 15.9 Å². The number of ether oxygens (including phenoxy) is 2. The zero-order valence-corrected chi connectivity index (χ0v) is 22.7. The van der Waals surface area contributed by atoms with Gasteiger partial charge in [0.15, 0.2) is 0 Å². The van der Waals surface area contributed by atoms with Crippen LogP contribution in [0.2, 0.25) is 0 Å². The van der Waals surface area contributed by atoms with Crippen molar-refractivity contribution in [3.8, 4) is 11.5 Å². The highest BCUT2D eigenvalue weighted by Gasteiger charge is 2.29. The average Bonchev–Trinajstić information content (AvgIpc) is 2.87. The molecule has 0 aliphatic rings. The second kappa shape index (κ2) is 11.9. The lowest BCUT2D eigenvalue weighted by Gasteiger charge is -2.25. The number of hydrogen-bond donors (Lipinski definition) is 1. The number of halogens is 1. The maximum absolute atomic E-state index is 13.5. The van der Waals surface area contributed by atoms with E-state index in [0.717, 1.165) is 20.0 Å². The van der Waals surface area contributed by atoms with Crippen LogP contribution in [0.25, 0.3) is 0 Å². The number of benzene rings is 3. The van der Waals surface area contributed by atoms with Gasteiger partial charge in [0.05, 0.1) is 36.7 Å². The van der Waals surface area contributed by atoms with Crippen molar-refractivity contribution in [1.29, 1.82) is 0 Å². The fourth-order valence-corrected chi connectivity index (χ4v) is 5.52. The van der Waals surface area contributed by atoms with Gasteiger partial charge in [-0.05, 0) is 57.9 Å². The van der Waals surface area contributed by atoms with E-state index in [4.69, 9.17) is 9.47 Å². The first-order chi connectivity index (χ1) is 17.2. The Morgan fingerprint density at radius 2 is 1.69 bits per heavy atom. The predicted molar refractivity (Wildman–Crippen MR) is 145 cm³/mol. The number of carbonyl (C=O) groups excluding carboxylic acids is 1. The first-order valence-corrected chi connectivity index (χ1v) is 13.0. The predicted octanol–water partition coefficient (Wildman–Crippen LogP) is 3.88. The Balaban J connectivity index is 1.88. The van der Waals surface area contributed by atoms with E-state index in [1.165, 1.54) is 38.6 Å². The van der Waals surface area contributed by atoms with Crippen molar-refractivity contribution in [2.75, 3.05) is 44.1 Å². The molecule has 0 aliphatic heterocycles. The van der Waals surface area contributed by atoms with Crippen LogP contribution in [-0.4, -0.2) is 55.4 Å². The largest absolute Gasteiger partial charge is 0.497 e. The van der Waals surface area contributed by atoms with Crippen LogP contribution in [0.5, 0.6) is 11.5 Å². The van der Waals surface area contributed by atoms with Crippen LogP contribution >= 0.6 is 15.9 Å². The SMILES string of the molecule is COc1ccc(N(CC(=O)N/N=C/c2ccc(N(C)C)c(Br)c2)S(=O)(=O)c2ccccc2)c(OC)c1. The Morgan fingerprint density at radius 3 is 2.31 bits per heavy atom. The van der Waals surface area contributed by atoms with E-state index in [0.29, 0.717) is 5.75 Å². The number of rotatable bonds is 10. The molecule has 0 heterocycles. The lowest BCUT2D eigenvalue weighted by molar-refractivity contribution is -0.119. The fourth-order valence-electron chi connectivity index (χ4n) is 3.32. The van der Waals surface area contributed by atoms with E-state index in [-0.39, 0.29) is 16.3 Å². The molecule has 0 atom stereocenters. The summed E-state index contributed by atoms with van der Waals surface area (Å²) in [6.45, 7) is -0.527. The number of nitrogens with zero attached hydrogens (tertiary/aromatic N) is 3. The van der Waals surface area contributed by atoms with E-state index in [2.05, 4.69) is 26.5 Å². The number of hydrogen-bond acceptors (Lipinski definition) is 7. The van der Waals surface area contributed by atoms with Gasteiger partial charge in [0.1, 0.15) is 18.0 Å². The highest BCUT2D eigenvalue weighted by Crippen LogP contribution is 2.35. The Labute approximate surface area is 219 Å². The number of anilines is 2. The van der Waals surface area contributed by atoms with Crippen molar-refractivity contribution in [1.82, 2.24) is 5.43 Å². The quantitative estimate of drug-likeness (QED) is 0.291. The number of nitrogens with one attached hydrogen (secondary N) is 1. The normalized spacial score (nSPS) is 11.2. The summed E-state index contributed by atoms with van der Waals surface area (Å²) in [4.78, 5) is 14.8. The highest BCUT2D eigenvalue weighted by atomic mass is 79.9. The van der Waals surface area contributed by atoms with E-state index >= 15 is 0 Å². The molecule has 190 valence electrons. The smallest absolute Gasteiger partial charge is 0.264 e. The van der Waals surface area contributed by atoms with Gasteiger partial charge in [0.2, 0.25) is 0 Å². The molecule has 11 heteroatoms. The minimum absolute atomic E-state index is 0.0324. The summed E-state index contributed by atoms with van der Waals surface area (Å²) in [7, 11) is 2.66. The summed E-state index contributed by atoms with van der Waals surface area (Å²) in [6.07, 6.45) is 1.48. The molecule has 3 aromatic rings. The number of hydrazone groups is 1. The Morgan fingerprint density at radius 1 is 1.00 bits per heavy atom. The Bertz CT molecular complexity index is 1350. The van der Waals surface area contributed by atoms with Crippen molar-refractivity contribution >= 4 is 49.4 Å². The third kappa shape index (κ3) is 6.35. The van der Waals surface area contributed by atoms with Crippen molar-refractivity contribution in [2.24, 2.45) is 5.10 Å². The zero-order valence-electron chi connectivity index (χ0n) is 20.3. The van der Waals surface area contributed by atoms with Gasteiger partial charge in [-0.3, -0.25) is 9.10 Å². The molecule has 3 rings (SSSR count). The molecular formula is C25H27BrN4O5S. The molecule has 0 aromatic heterocycles. The number of methoxy groups -OCH3 is 2. The van der Waals surface area contributed by atoms with Gasteiger partial charge in [-0.15, -0.1) is 0 Å². The second-order valence-electron chi connectivity index (χ2n) is 7.76. The fraction of sp³-hybridized carbons (Fsp3) is 0.200. The van der Waals surface area contributed by atoms with Crippen LogP contribution in [0.4, 0.5) is 11.4 Å². The van der Waals surface area contributed by atoms with Crippen molar-refractivity contribution in [2.45, 2.75) is 4.90 Å². The van der Waals surface area contributed by atoms with Crippen LogP contribution < -0.4 is 24.1 Å². The topological polar surface area (TPSA) is 101 Å². The first kappa shape index (κ1) is 27.0. The Kier molecular flexibility index (Phi) is 8.94. The molecule has 0 saturated carbocycles. The van der Waals surface area contributed by atoms with E-state index < -0.39 is 22.5 Å². The molecule has 0 radical (unpaired) electrons. The monoisotopic (exact) mass is 574 g/mol. The molecule has 3 aromatic carbocycles. The molecule has 0 bridgehead atoms. The maximum Gasteiger partial charge on any atom is 0.264 e. The molecule has 0 fully saturated rings. The molecule has 9 nitrogen and oxygen atoms in total. The van der Waals surface area contributed by atoms with E-state index in [1.54, 1.807) is 30.3 Å². The average molecular weight is 575 g/mol. The third-order valence-corrected chi connectivity index (χ3v) is 7.54. The van der Waals surface area contributed by atoms with Gasteiger partial charge >= 0.3 is 0 Å². The van der Waals surface area contributed by atoms with Crippen LogP contribution in [0, 0.1) is 0 Å². The van der Waals surface area contributed by atoms with Crippen LogP contribution in [0.15, 0.2) is 81.2 Å². The van der Waals surface area contributed by atoms with E-state index in [9.17, 15) is 13.2 Å². The second-order valence-corrected chi connectivity index (χ2v) is 10.5. The van der Waals surface area contributed by atoms with Crippen LogP contribution in [0.1, 0.15) is 5.56 Å². The maximum atomic E-state index is 13.5. The summed E-state index contributed by atoms with van der Waals surface area (Å²) in [5.74, 6) is 0.0803. The van der Waals surface area contributed by atoms with Gasteiger partial charge in [-0.25, -0.2) is 13.8 Å². The summed E-state index contributed by atoms with van der Waals surface area (Å²) in [5, 5.41) is 4.00. The number of carbonyl (C=O) groups is 1. The lowest BCUT2D eigenvalue weighted by Crippen LogP contribution is -2.39. The molecule has 0 saturated heterocycles. The number of sulfonamides is 1. The first-order valence-electron chi connectivity index (χ1n) is 10.8. The van der Waals surface area contributed by atoms with Crippen molar-refractivity contribution in [3.05, 3.63) is 76.8 Å². The van der Waals surface area contributed by atoms with Crippen molar-refractivity contribution in [3.63, 3.8) is 0 Å². The number of amides is 1. The molecule has 0 aliphatic carbocycles. The van der Waals surface area contributed by atoms with Crippen LogP contribution in [0.3, 0.4) is 0 Å². The summed E-state index contributed by atoms with van der Waals surface area (Å²) in [5.41, 5.74) is 4.33. The highest BCUT2D eigenvalue weighted by molar-refractivity contribution is 9.10.